The van der Waals surface area contributed by atoms with E-state index in [4.69, 9.17) is 28.0 Å². The van der Waals surface area contributed by atoms with E-state index in [0.29, 0.717) is 5.41 Å². The third-order valence-corrected chi connectivity index (χ3v) is 16.6. The van der Waals surface area contributed by atoms with E-state index < -0.39 is 37.7 Å². The monoisotopic (exact) mass is 1740 g/mol. The normalized spacial score (nSPS) is 11.4. The van der Waals surface area contributed by atoms with Gasteiger partial charge in [-0.05, 0) is 197 Å². The lowest BCUT2D eigenvalue weighted by Gasteiger charge is -2.37. The molecule has 0 atom stereocenters. The standard InChI is InChI=1S/C13H25NO2.C10H20N2O.C10H19NO.C9H16O.C7H13NO.C6H13NO2S.C6H9NO.C6H10O.C6H12.C6H10.C5H9ClO.C5H9FO.C5H10O2S/c1-12(2,3)13(4,5)16-11(15)9-8-10-14(6)7;1-10(2,3)11-9(13)7-6-8-12(4)5;1-10(2,3)9(12)7-6-8-11(4)5;1-7(2)6-8(10)9(3,4)5;1-5-6(9)8-7(2,3)4;1-5-10(8,9)7-6(2,3)4;1-5(2)6(8)3-4-7;1-4-6(7)5(2)3;2*1-5-6(2,3)4;2*1-4(2)5(7)3-6;1-4-8(6,7)5(2)3/h8-9H,10H2,1-7H3;6-7H,8H2,1-5H3,(H,11,13);6-7H,8H2,1-5H3;6H,1-5H3;5H,1H2,2-4H3,(H,8,9);5,7H,1H2,2-4H3;5H,3H2,1-2H3;4-5H,1H2,2-3H3;5H,1H2,2-4H3;1H,2-4H3;2*4H,3H2,1-2H3;4-5H,1H2,2-3H3/b9-8+;2*7-6+;;;;;;;;;;. The summed E-state index contributed by atoms with van der Waals surface area (Å²) in [5.74, 6) is 2.70. The first kappa shape index (κ1) is 141. The second-order valence-corrected chi connectivity index (χ2v) is 42.7. The first-order valence-corrected chi connectivity index (χ1v) is 43.4. The van der Waals surface area contributed by atoms with Gasteiger partial charge in [0.2, 0.25) is 21.8 Å². The number of sulfone groups is 1. The number of nitrogens with zero attached hydrogens (tertiary/aromatic N) is 4. The molecule has 0 unspecified atom stereocenters. The van der Waals surface area contributed by atoms with E-state index in [1.54, 1.807) is 92.7 Å². The Morgan fingerprint density at radius 2 is 0.840 bits per heavy atom. The number of esters is 1. The summed E-state index contributed by atoms with van der Waals surface area (Å²) in [6.07, 6.45) is 21.6. The topological polar surface area (TPSA) is 301 Å². The van der Waals surface area contributed by atoms with Gasteiger partial charge in [0.1, 0.15) is 23.8 Å². The Labute approximate surface area is 734 Å². The molecule has 0 aliphatic rings. The number of sulfonamides is 1. The van der Waals surface area contributed by atoms with Gasteiger partial charge in [0.25, 0.3) is 0 Å². The highest BCUT2D eigenvalue weighted by Gasteiger charge is 2.36. The molecule has 0 saturated heterocycles. The number of hydrogen-bond donors (Lipinski definition) is 3. The Kier molecular flexibility index (Phi) is 84.8. The zero-order chi connectivity index (χ0) is 98.9. The third-order valence-electron chi connectivity index (χ3n) is 13.3. The quantitative estimate of drug-likeness (QED) is 0.0266. The average Bonchev–Trinajstić information content (AvgIpc) is 0.835. The summed E-state index contributed by atoms with van der Waals surface area (Å²) in [7, 11) is 5.56. The third kappa shape index (κ3) is 127. The minimum atomic E-state index is -3.26. The van der Waals surface area contributed by atoms with Crippen molar-refractivity contribution < 1.29 is 69.1 Å². The molecular weight excluding hydrogens is 1570 g/mol. The number of likely N-dealkylation sites (N-methyl/N-ethyl adjacent to an activating group) is 3. The van der Waals surface area contributed by atoms with Gasteiger partial charge < -0.3 is 30.1 Å². The van der Waals surface area contributed by atoms with Crippen LogP contribution >= 0.6 is 11.6 Å². The molecule has 0 bridgehead atoms. The molecule has 0 aromatic rings. The van der Waals surface area contributed by atoms with Crippen molar-refractivity contribution in [3.63, 3.8) is 0 Å². The number of nitrogens with one attached hydrogen (secondary N) is 3. The number of Topliss-reactive ketones (excluding diaryl/α,β-unsaturated/α-hetero) is 3. The predicted molar refractivity (Wildman–Crippen MR) is 508 cm³/mol. The van der Waals surface area contributed by atoms with E-state index in [0.717, 1.165) is 36.0 Å². The summed E-state index contributed by atoms with van der Waals surface area (Å²) in [6.45, 7) is 90.6. The molecule has 0 heterocycles. The number of ketones is 6. The summed E-state index contributed by atoms with van der Waals surface area (Å²) in [5.41, 5.74) is -0.289. The maximum Gasteiger partial charge on any atom is 0.331 e. The van der Waals surface area contributed by atoms with Gasteiger partial charge in [-0.15, -0.1) is 30.5 Å². The van der Waals surface area contributed by atoms with Crippen LogP contribution in [0.25, 0.3) is 0 Å². The highest BCUT2D eigenvalue weighted by atomic mass is 35.5. The lowest BCUT2D eigenvalue weighted by atomic mass is 9.79. The van der Waals surface area contributed by atoms with Gasteiger partial charge in [0.05, 0.1) is 23.6 Å². The molecule has 0 aromatic carbocycles. The van der Waals surface area contributed by atoms with Crippen LogP contribution in [0.5, 0.6) is 0 Å². The summed E-state index contributed by atoms with van der Waals surface area (Å²) in [4.78, 5) is 103. The number of hydrogen-bond acceptors (Lipinski definition) is 18. The Balaban J connectivity index is -0.0000000939. The fourth-order valence-corrected chi connectivity index (χ4v) is 6.22. The molecule has 3 N–H and O–H groups in total. The van der Waals surface area contributed by atoms with Crippen LogP contribution in [0.1, 0.15) is 270 Å². The van der Waals surface area contributed by atoms with Crippen molar-refractivity contribution in [2.24, 2.45) is 50.7 Å². The molecule has 0 aliphatic carbocycles. The maximum absolute atomic E-state index is 11.6. The van der Waals surface area contributed by atoms with E-state index in [1.165, 1.54) is 18.2 Å². The van der Waals surface area contributed by atoms with Crippen LogP contribution in [0.3, 0.4) is 0 Å². The fraction of sp³-hybridized carbons (Fsp3) is 0.681. The largest absolute Gasteiger partial charge is 0.456 e. The predicted octanol–water partition coefficient (Wildman–Crippen LogP) is 19.7. The molecule has 119 heavy (non-hydrogen) atoms. The van der Waals surface area contributed by atoms with Crippen LogP contribution in [0.15, 0.2) is 110 Å². The Bertz CT molecular complexity index is 3340. The minimum Gasteiger partial charge on any atom is -0.456 e. The van der Waals surface area contributed by atoms with Crippen LogP contribution < -0.4 is 15.4 Å². The van der Waals surface area contributed by atoms with Crippen molar-refractivity contribution in [3.8, 4) is 18.4 Å². The second-order valence-electron chi connectivity index (χ2n) is 38.4. The van der Waals surface area contributed by atoms with Crippen LogP contribution in [0.4, 0.5) is 4.39 Å². The van der Waals surface area contributed by atoms with Crippen molar-refractivity contribution in [3.05, 3.63) is 110 Å². The molecule has 21 nitrogen and oxygen atoms in total. The lowest BCUT2D eigenvalue weighted by Crippen LogP contribution is -2.40. The van der Waals surface area contributed by atoms with Gasteiger partial charge in [-0.25, -0.2) is 30.7 Å². The van der Waals surface area contributed by atoms with Gasteiger partial charge >= 0.3 is 5.97 Å². The fourth-order valence-electron chi connectivity index (χ4n) is 4.59. The Hall–Kier alpha value is -6.90. The van der Waals surface area contributed by atoms with Crippen molar-refractivity contribution in [2.75, 3.05) is 74.5 Å². The highest BCUT2D eigenvalue weighted by Crippen LogP contribution is 2.33. The van der Waals surface area contributed by atoms with Crippen molar-refractivity contribution in [2.45, 2.75) is 297 Å². The first-order valence-electron chi connectivity index (χ1n) is 39.7. The number of amides is 2. The molecule has 0 rings (SSSR count). The molecule has 0 radical (unpaired) electrons. The molecule has 0 saturated carbocycles. The molecular formula is C94H175ClFN7O14S2. The molecule has 0 fully saturated rings. The van der Waals surface area contributed by atoms with Crippen molar-refractivity contribution in [1.29, 1.82) is 5.26 Å². The molecule has 0 spiro atoms. The smallest absolute Gasteiger partial charge is 0.331 e. The van der Waals surface area contributed by atoms with E-state index >= 15 is 0 Å². The highest BCUT2D eigenvalue weighted by molar-refractivity contribution is 7.94. The number of carbonyl (C=O) groups excluding carboxylic acids is 9. The first-order chi connectivity index (χ1) is 52.6. The van der Waals surface area contributed by atoms with Gasteiger partial charge in [0.15, 0.2) is 33.0 Å². The number of carbonyl (C=O) groups is 9. The molecule has 696 valence electrons. The van der Waals surface area contributed by atoms with E-state index in [9.17, 15) is 64.4 Å². The van der Waals surface area contributed by atoms with Crippen molar-refractivity contribution in [1.82, 2.24) is 30.1 Å². The average molecular weight is 1750 g/mol. The molecule has 2 amide bonds. The number of terminal acetylenes is 1. The van der Waals surface area contributed by atoms with Crippen LogP contribution in [-0.2, 0) is 67.7 Å². The summed E-state index contributed by atoms with van der Waals surface area (Å²) >= 11 is 5.20. The number of nitriles is 1. The van der Waals surface area contributed by atoms with Gasteiger partial charge in [0, 0.05) is 105 Å². The Morgan fingerprint density at radius 3 is 0.983 bits per heavy atom. The molecule has 0 aromatic heterocycles. The minimum absolute atomic E-state index is 0.00894. The summed E-state index contributed by atoms with van der Waals surface area (Å²) in [5, 5.41) is 15.1. The summed E-state index contributed by atoms with van der Waals surface area (Å²) in [6, 6.07) is 1.80. The van der Waals surface area contributed by atoms with Gasteiger partial charge in [-0.3, -0.25) is 38.4 Å². The number of halogens is 2. The van der Waals surface area contributed by atoms with E-state index in [2.05, 4.69) is 95.7 Å². The zero-order valence-electron chi connectivity index (χ0n) is 83.2. The van der Waals surface area contributed by atoms with E-state index in [-0.39, 0.29) is 126 Å². The Morgan fingerprint density at radius 1 is 0.504 bits per heavy atom. The van der Waals surface area contributed by atoms with Gasteiger partial charge in [-0.2, -0.15) is 5.26 Å². The SMILES string of the molecule is C#CC(C)(C)C.C=CC(=O)C(C)C.C=CC(=O)NC(C)(C)C.C=CC(C)(C)C.C=CS(=O)(=O)C(C)C.C=CS(=O)(=O)NC(C)(C)C.CC(C)=CC(=O)C(C)(C)C.CC(C)C(=O)CC#N.CC(C)C(=O)CCl.CC(C)C(=O)CF.CN(C)C/C=C/C(=O)C(C)(C)C.CN(C)C/C=C/C(=O)NC(C)(C)C.CN(C)C/C=C/C(=O)OC(C)(C)C(C)(C)C. The van der Waals surface area contributed by atoms with Crippen LogP contribution in [0, 0.1) is 74.4 Å². The van der Waals surface area contributed by atoms with E-state index in [1.807, 2.05) is 234 Å². The van der Waals surface area contributed by atoms with Gasteiger partial charge in [-0.1, -0.05) is 195 Å². The second kappa shape index (κ2) is 71.6. The molecule has 0 aliphatic heterocycles. The summed E-state index contributed by atoms with van der Waals surface area (Å²) < 4.78 is 61.9. The van der Waals surface area contributed by atoms with Crippen LogP contribution in [0.2, 0.25) is 0 Å². The lowest BCUT2D eigenvalue weighted by molar-refractivity contribution is -0.160. The van der Waals surface area contributed by atoms with Crippen LogP contribution in [-0.4, -0.2) is 186 Å². The molecule has 25 heteroatoms. The number of rotatable bonds is 24. The maximum atomic E-state index is 11.6. The number of ether oxygens (including phenoxy) is 1. The van der Waals surface area contributed by atoms with Crippen molar-refractivity contribution >= 4 is 83.9 Å². The number of alkyl halides is 2. The number of allylic oxidation sites excluding steroid dienone is 5. The zero-order valence-corrected chi connectivity index (χ0v) is 85.6.